The zero-order valence-corrected chi connectivity index (χ0v) is 6.04. The molecule has 0 heterocycles. The van der Waals surface area contributed by atoms with Gasteiger partial charge in [0.15, 0.2) is 0 Å². The van der Waals surface area contributed by atoms with Gasteiger partial charge in [0.2, 0.25) is 0 Å². The van der Waals surface area contributed by atoms with Crippen LogP contribution in [0.1, 0.15) is 12.8 Å². The largest absolute Gasteiger partial charge is 0.409 e. The third kappa shape index (κ3) is 7.82. The second kappa shape index (κ2) is 4.61. The van der Waals surface area contributed by atoms with Gasteiger partial charge in [-0.15, -0.1) is 11.6 Å². The van der Waals surface area contributed by atoms with Crippen molar-refractivity contribution in [1.29, 1.82) is 0 Å². The highest BCUT2D eigenvalue weighted by Crippen LogP contribution is 2.16. The lowest BCUT2D eigenvalue weighted by Crippen LogP contribution is -2.00. The fourth-order valence-electron chi connectivity index (χ4n) is 0.412. The van der Waals surface area contributed by atoms with Crippen LogP contribution in [-0.2, 0) is 0 Å². The van der Waals surface area contributed by atoms with Gasteiger partial charge in [0.1, 0.15) is 0 Å². The predicted molar refractivity (Wildman–Crippen MR) is 35.1 cm³/mol. The molecule has 0 aliphatic heterocycles. The quantitative estimate of drug-likeness (QED) is 0.349. The number of allylic oxidation sites excluding steroid dienone is 2. The molecule has 0 nitrogen and oxygen atoms in total. The molecular formula is C6H8ClF3. The number of halogens is 4. The van der Waals surface area contributed by atoms with Crippen LogP contribution in [-0.4, -0.2) is 12.1 Å². The first-order valence-electron chi connectivity index (χ1n) is 2.86. The fourth-order valence-corrected chi connectivity index (χ4v) is 0.566. The smallest absolute Gasteiger partial charge is 0.167 e. The Bertz CT molecular complexity index is 106. The summed E-state index contributed by atoms with van der Waals surface area (Å²) in [5.74, 6) is 0.405. The molecule has 0 saturated heterocycles. The van der Waals surface area contributed by atoms with Gasteiger partial charge in [0.25, 0.3) is 0 Å². The van der Waals surface area contributed by atoms with E-state index in [1.165, 1.54) is 0 Å². The van der Waals surface area contributed by atoms with Crippen LogP contribution in [0.2, 0.25) is 0 Å². The fraction of sp³-hybridized carbons (Fsp3) is 0.667. The maximum atomic E-state index is 11.4. The van der Waals surface area contributed by atoms with Crippen LogP contribution in [0.4, 0.5) is 13.2 Å². The van der Waals surface area contributed by atoms with Gasteiger partial charge in [0, 0.05) is 12.0 Å². The van der Waals surface area contributed by atoms with Gasteiger partial charge in [-0.1, -0.05) is 6.08 Å². The number of unbranched alkanes of at least 4 members (excludes halogenated alkanes) is 1. The molecule has 0 aromatic carbocycles. The molecular weight excluding hydrogens is 165 g/mol. The molecule has 0 N–H and O–H groups in total. The Morgan fingerprint density at radius 2 is 1.90 bits per heavy atom. The molecule has 0 radical (unpaired) electrons. The lowest BCUT2D eigenvalue weighted by Gasteiger charge is -1.95. The minimum Gasteiger partial charge on any atom is -0.167 e. The van der Waals surface area contributed by atoms with E-state index in [0.29, 0.717) is 18.7 Å². The van der Waals surface area contributed by atoms with Gasteiger partial charge < -0.3 is 0 Å². The van der Waals surface area contributed by atoms with E-state index in [4.69, 9.17) is 11.6 Å². The molecule has 0 fully saturated rings. The van der Waals surface area contributed by atoms with Crippen LogP contribution >= 0.6 is 11.6 Å². The van der Waals surface area contributed by atoms with Crippen molar-refractivity contribution in [3.8, 4) is 0 Å². The van der Waals surface area contributed by atoms with E-state index >= 15 is 0 Å². The molecule has 0 rings (SSSR count). The molecule has 4 heteroatoms. The van der Waals surface area contributed by atoms with Crippen LogP contribution in [0.25, 0.3) is 0 Å². The van der Waals surface area contributed by atoms with Gasteiger partial charge in [-0.25, -0.2) is 0 Å². The Labute approximate surface area is 62.7 Å². The molecule has 0 aromatic rings. The minimum atomic E-state index is -4.17. The first-order chi connectivity index (χ1) is 4.56. The normalized spacial score (nSPS) is 12.8. The van der Waals surface area contributed by atoms with Crippen molar-refractivity contribution in [3.63, 3.8) is 0 Å². The van der Waals surface area contributed by atoms with Gasteiger partial charge in [-0.05, 0) is 12.8 Å². The lowest BCUT2D eigenvalue weighted by molar-refractivity contribution is -0.0800. The first kappa shape index (κ1) is 9.82. The molecule has 0 atom stereocenters. The summed E-state index contributed by atoms with van der Waals surface area (Å²) < 4.78 is 34.1. The zero-order chi connectivity index (χ0) is 8.04. The Hall–Kier alpha value is -0.180. The molecule has 0 amide bonds. The van der Waals surface area contributed by atoms with Crippen LogP contribution in [0.15, 0.2) is 12.2 Å². The highest BCUT2D eigenvalue weighted by Gasteiger charge is 2.21. The second-order valence-corrected chi connectivity index (χ2v) is 2.15. The van der Waals surface area contributed by atoms with Crippen LogP contribution in [0.3, 0.4) is 0 Å². The highest BCUT2D eigenvalue weighted by atomic mass is 35.5. The molecule has 0 saturated carbocycles. The summed E-state index contributed by atoms with van der Waals surface area (Å²) in [4.78, 5) is 0. The van der Waals surface area contributed by atoms with Crippen molar-refractivity contribution in [3.05, 3.63) is 12.2 Å². The van der Waals surface area contributed by atoms with E-state index in [0.717, 1.165) is 6.08 Å². The molecule has 0 unspecified atom stereocenters. The molecule has 0 aliphatic rings. The monoisotopic (exact) mass is 172 g/mol. The van der Waals surface area contributed by atoms with Crippen molar-refractivity contribution in [2.45, 2.75) is 19.0 Å². The minimum absolute atomic E-state index is 0.236. The van der Waals surface area contributed by atoms with E-state index in [1.807, 2.05) is 0 Å². The Morgan fingerprint density at radius 3 is 2.30 bits per heavy atom. The first-order valence-corrected chi connectivity index (χ1v) is 3.40. The third-order valence-electron chi connectivity index (χ3n) is 0.811. The molecule has 0 bridgehead atoms. The van der Waals surface area contributed by atoms with Crippen LogP contribution in [0.5, 0.6) is 0 Å². The lowest BCUT2D eigenvalue weighted by atomic mass is 10.3. The van der Waals surface area contributed by atoms with Crippen molar-refractivity contribution in [2.75, 3.05) is 5.88 Å². The number of alkyl halides is 4. The van der Waals surface area contributed by atoms with Crippen molar-refractivity contribution >= 4 is 11.6 Å². The Kier molecular flexibility index (Phi) is 4.52. The summed E-state index contributed by atoms with van der Waals surface area (Å²) in [5.41, 5.74) is 0. The van der Waals surface area contributed by atoms with Crippen molar-refractivity contribution in [1.82, 2.24) is 0 Å². The molecule has 0 aromatic heterocycles. The van der Waals surface area contributed by atoms with E-state index in [2.05, 4.69) is 0 Å². The summed E-state index contributed by atoms with van der Waals surface area (Å²) in [6.07, 6.45) is -1.87. The number of rotatable bonds is 3. The number of hydrogen-bond donors (Lipinski definition) is 0. The van der Waals surface area contributed by atoms with E-state index in [9.17, 15) is 13.2 Å². The average molecular weight is 173 g/mol. The molecule has 0 aliphatic carbocycles. The topological polar surface area (TPSA) is 0 Å². The number of hydrogen-bond acceptors (Lipinski definition) is 0. The van der Waals surface area contributed by atoms with Gasteiger partial charge in [-0.3, -0.25) is 0 Å². The Balaban J connectivity index is 3.37. The molecule has 10 heavy (non-hydrogen) atoms. The van der Waals surface area contributed by atoms with Gasteiger partial charge in [0.05, 0.1) is 0 Å². The van der Waals surface area contributed by atoms with E-state index in [-0.39, 0.29) is 6.08 Å². The second-order valence-electron chi connectivity index (χ2n) is 1.78. The van der Waals surface area contributed by atoms with Crippen LogP contribution < -0.4 is 0 Å². The Morgan fingerprint density at radius 1 is 1.30 bits per heavy atom. The third-order valence-corrected chi connectivity index (χ3v) is 1.08. The highest BCUT2D eigenvalue weighted by molar-refractivity contribution is 6.17. The van der Waals surface area contributed by atoms with E-state index in [1.54, 1.807) is 0 Å². The zero-order valence-electron chi connectivity index (χ0n) is 5.29. The SMILES string of the molecule is FC(F)(F)/C=C/CCCCl. The molecule has 0 spiro atoms. The van der Waals surface area contributed by atoms with Crippen molar-refractivity contribution in [2.24, 2.45) is 0 Å². The van der Waals surface area contributed by atoms with E-state index < -0.39 is 6.18 Å². The summed E-state index contributed by atoms with van der Waals surface area (Å²) in [5, 5.41) is 0. The standard InChI is InChI=1S/C6H8ClF3/c7-5-3-1-2-4-6(8,9)10/h2,4H,1,3,5H2/b4-2+. The van der Waals surface area contributed by atoms with Gasteiger partial charge in [-0.2, -0.15) is 13.2 Å². The maximum absolute atomic E-state index is 11.4. The summed E-state index contributed by atoms with van der Waals surface area (Å²) in [6, 6.07) is 0. The molecule has 60 valence electrons. The van der Waals surface area contributed by atoms with Crippen LogP contribution in [0, 0.1) is 0 Å². The van der Waals surface area contributed by atoms with Gasteiger partial charge >= 0.3 is 6.18 Å². The maximum Gasteiger partial charge on any atom is 0.409 e. The predicted octanol–water partition coefficient (Wildman–Crippen LogP) is 3.12. The van der Waals surface area contributed by atoms with Crippen molar-refractivity contribution < 1.29 is 13.2 Å². The summed E-state index contributed by atoms with van der Waals surface area (Å²) >= 11 is 5.24. The summed E-state index contributed by atoms with van der Waals surface area (Å²) in [6.45, 7) is 0. The summed E-state index contributed by atoms with van der Waals surface area (Å²) in [7, 11) is 0. The average Bonchev–Trinajstić information content (AvgIpc) is 1.78.